The highest BCUT2D eigenvalue weighted by Crippen LogP contribution is 2.53. The molecule has 1 atom stereocenters. The van der Waals surface area contributed by atoms with Gasteiger partial charge in [0.25, 0.3) is 0 Å². The molecule has 2 aromatic rings. The lowest BCUT2D eigenvalue weighted by molar-refractivity contribution is 0.326. The van der Waals surface area contributed by atoms with Crippen molar-refractivity contribution in [3.05, 3.63) is 45.9 Å². The van der Waals surface area contributed by atoms with Crippen LogP contribution in [0, 0.1) is 0 Å². The molecule has 1 aromatic heterocycles. The van der Waals surface area contributed by atoms with Gasteiger partial charge in [0.1, 0.15) is 12.1 Å². The smallest absolute Gasteiger partial charge is 0.140 e. The van der Waals surface area contributed by atoms with Crippen LogP contribution in [0.1, 0.15) is 80.2 Å². The van der Waals surface area contributed by atoms with Crippen LogP contribution in [-0.4, -0.2) is 35.6 Å². The number of nitrogens with zero attached hydrogens (tertiary/aromatic N) is 3. The molecule has 2 aliphatic heterocycles. The molecule has 0 amide bonds. The van der Waals surface area contributed by atoms with Crippen LogP contribution in [-0.2, 0) is 18.4 Å². The highest BCUT2D eigenvalue weighted by molar-refractivity contribution is 6.31. The molecule has 5 nitrogen and oxygen atoms in total. The fourth-order valence-corrected chi connectivity index (χ4v) is 7.01. The Hall–Kier alpha value is -1.69. The molecule has 1 spiro atoms. The summed E-state index contributed by atoms with van der Waals surface area (Å²) in [5.41, 5.74) is 6.86. The SMILES string of the molecule is C[C@@H]1CCc2ncnc(N3CC4(CCNCC4)c4c3ccc(Cl)c4CNC3CCCC3)c21. The number of hydrogen-bond donors (Lipinski definition) is 2. The van der Waals surface area contributed by atoms with E-state index in [1.54, 1.807) is 6.33 Å². The number of aryl methyl sites for hydroxylation is 1. The highest BCUT2D eigenvalue weighted by Gasteiger charge is 2.47. The molecule has 0 bridgehead atoms. The lowest BCUT2D eigenvalue weighted by Gasteiger charge is -2.36. The maximum Gasteiger partial charge on any atom is 0.140 e. The van der Waals surface area contributed by atoms with Crippen molar-refractivity contribution in [3.8, 4) is 0 Å². The standard InChI is InChI=1S/C26H34ClN5/c1-17-6-8-21-23(17)25(31-16-30-21)32-15-26(10-12-28-13-11-26)24-19(20(27)7-9-22(24)32)14-29-18-4-2-3-5-18/h7,9,16-18,28-29H,2-6,8,10-15H2,1H3/t17-/m1/s1. The summed E-state index contributed by atoms with van der Waals surface area (Å²) in [6.07, 6.45) is 11.6. The van der Waals surface area contributed by atoms with Crippen molar-refractivity contribution in [1.82, 2.24) is 20.6 Å². The molecule has 1 aromatic carbocycles. The maximum atomic E-state index is 6.91. The summed E-state index contributed by atoms with van der Waals surface area (Å²) in [6, 6.07) is 5.00. The molecule has 1 saturated heterocycles. The van der Waals surface area contributed by atoms with Crippen molar-refractivity contribution >= 4 is 23.1 Å². The van der Waals surface area contributed by atoms with Gasteiger partial charge >= 0.3 is 0 Å². The second-order valence-corrected chi connectivity index (χ2v) is 10.8. The summed E-state index contributed by atoms with van der Waals surface area (Å²) < 4.78 is 0. The Morgan fingerprint density at radius 3 is 2.78 bits per heavy atom. The summed E-state index contributed by atoms with van der Waals surface area (Å²) >= 11 is 6.91. The van der Waals surface area contributed by atoms with Crippen LogP contribution in [0.3, 0.4) is 0 Å². The second-order valence-electron chi connectivity index (χ2n) is 10.4. The van der Waals surface area contributed by atoms with Crippen LogP contribution in [0.2, 0.25) is 5.02 Å². The van der Waals surface area contributed by atoms with Gasteiger partial charge in [-0.25, -0.2) is 9.97 Å². The van der Waals surface area contributed by atoms with E-state index < -0.39 is 0 Å². The van der Waals surface area contributed by atoms with Gasteiger partial charge in [-0.05, 0) is 80.8 Å². The summed E-state index contributed by atoms with van der Waals surface area (Å²) in [4.78, 5) is 12.0. The van der Waals surface area contributed by atoms with Gasteiger partial charge in [-0.2, -0.15) is 0 Å². The minimum atomic E-state index is 0.137. The average Bonchev–Trinajstić information content (AvgIpc) is 3.53. The number of piperidine rings is 1. The van der Waals surface area contributed by atoms with Crippen molar-refractivity contribution in [2.24, 2.45) is 0 Å². The normalized spacial score (nSPS) is 24.3. The summed E-state index contributed by atoms with van der Waals surface area (Å²) in [7, 11) is 0. The lowest BCUT2D eigenvalue weighted by Crippen LogP contribution is -2.43. The van der Waals surface area contributed by atoms with Crippen LogP contribution in [0.4, 0.5) is 11.5 Å². The van der Waals surface area contributed by atoms with Gasteiger partial charge in [0, 0.05) is 46.5 Å². The van der Waals surface area contributed by atoms with Gasteiger partial charge in [-0.1, -0.05) is 31.4 Å². The first-order chi connectivity index (χ1) is 15.7. The van der Waals surface area contributed by atoms with Crippen molar-refractivity contribution in [3.63, 3.8) is 0 Å². The molecule has 4 aliphatic rings. The van der Waals surface area contributed by atoms with Crippen LogP contribution >= 0.6 is 11.6 Å². The number of nitrogens with one attached hydrogen (secondary N) is 2. The maximum absolute atomic E-state index is 6.91. The molecule has 2 fully saturated rings. The average molecular weight is 452 g/mol. The topological polar surface area (TPSA) is 53.1 Å². The molecule has 32 heavy (non-hydrogen) atoms. The lowest BCUT2D eigenvalue weighted by atomic mass is 9.73. The first-order valence-electron chi connectivity index (χ1n) is 12.5. The van der Waals surface area contributed by atoms with Gasteiger partial charge in [-0.15, -0.1) is 0 Å². The number of aromatic nitrogens is 2. The molecule has 0 unspecified atom stereocenters. The van der Waals surface area contributed by atoms with Crippen LogP contribution in [0.25, 0.3) is 0 Å². The van der Waals surface area contributed by atoms with E-state index in [-0.39, 0.29) is 5.41 Å². The molecule has 2 aliphatic carbocycles. The zero-order chi connectivity index (χ0) is 21.7. The molecule has 0 radical (unpaired) electrons. The monoisotopic (exact) mass is 451 g/mol. The third kappa shape index (κ3) is 3.36. The minimum absolute atomic E-state index is 0.137. The van der Waals surface area contributed by atoms with Gasteiger partial charge < -0.3 is 15.5 Å². The van der Waals surface area contributed by atoms with E-state index in [0.717, 1.165) is 56.3 Å². The van der Waals surface area contributed by atoms with Crippen molar-refractivity contribution in [2.45, 2.75) is 82.2 Å². The largest absolute Gasteiger partial charge is 0.325 e. The zero-order valence-electron chi connectivity index (χ0n) is 19.1. The van der Waals surface area contributed by atoms with Crippen LogP contribution in [0.5, 0.6) is 0 Å². The quantitative estimate of drug-likeness (QED) is 0.686. The van der Waals surface area contributed by atoms with E-state index in [0.29, 0.717) is 12.0 Å². The zero-order valence-corrected chi connectivity index (χ0v) is 19.8. The summed E-state index contributed by atoms with van der Waals surface area (Å²) in [6.45, 7) is 6.32. The molecule has 6 heteroatoms. The van der Waals surface area contributed by atoms with E-state index in [1.807, 2.05) is 0 Å². The Morgan fingerprint density at radius 2 is 1.97 bits per heavy atom. The predicted octanol–water partition coefficient (Wildman–Crippen LogP) is 4.98. The molecular formula is C26H34ClN5. The van der Waals surface area contributed by atoms with Crippen LogP contribution < -0.4 is 15.5 Å². The Labute approximate surface area is 196 Å². The number of hydrogen-bond acceptors (Lipinski definition) is 5. The number of anilines is 2. The third-order valence-corrected chi connectivity index (χ3v) is 8.86. The second kappa shape index (κ2) is 8.27. The first kappa shape index (κ1) is 20.9. The van der Waals surface area contributed by atoms with Crippen molar-refractivity contribution < 1.29 is 0 Å². The molecule has 170 valence electrons. The highest BCUT2D eigenvalue weighted by atomic mass is 35.5. The Kier molecular flexibility index (Phi) is 5.39. The fraction of sp³-hybridized carbons (Fsp3) is 0.615. The summed E-state index contributed by atoms with van der Waals surface area (Å²) in [5, 5.41) is 8.35. The van der Waals surface area contributed by atoms with Gasteiger partial charge in [0.05, 0.1) is 0 Å². The number of fused-ring (bicyclic) bond motifs is 3. The molecule has 1 saturated carbocycles. The third-order valence-electron chi connectivity index (χ3n) is 8.51. The van der Waals surface area contributed by atoms with Crippen molar-refractivity contribution in [1.29, 1.82) is 0 Å². The molecule has 3 heterocycles. The molecular weight excluding hydrogens is 418 g/mol. The Morgan fingerprint density at radius 1 is 1.16 bits per heavy atom. The minimum Gasteiger partial charge on any atom is -0.325 e. The van der Waals surface area contributed by atoms with Gasteiger partial charge in [0.2, 0.25) is 0 Å². The number of benzene rings is 1. The number of rotatable bonds is 4. The fourth-order valence-electron chi connectivity index (χ4n) is 6.78. The van der Waals surface area contributed by atoms with E-state index >= 15 is 0 Å². The Bertz CT molecular complexity index is 1010. The van der Waals surface area contributed by atoms with E-state index in [9.17, 15) is 0 Å². The van der Waals surface area contributed by atoms with Crippen molar-refractivity contribution in [2.75, 3.05) is 24.5 Å². The predicted molar refractivity (Wildman–Crippen MR) is 130 cm³/mol. The molecule has 2 N–H and O–H groups in total. The van der Waals surface area contributed by atoms with Gasteiger partial charge in [-0.3, -0.25) is 0 Å². The molecule has 6 rings (SSSR count). The van der Waals surface area contributed by atoms with E-state index in [1.165, 1.54) is 60.2 Å². The van der Waals surface area contributed by atoms with Crippen LogP contribution in [0.15, 0.2) is 18.5 Å². The number of halogens is 1. The first-order valence-corrected chi connectivity index (χ1v) is 12.9. The van der Waals surface area contributed by atoms with E-state index in [2.05, 4.69) is 39.6 Å². The summed E-state index contributed by atoms with van der Waals surface area (Å²) in [5.74, 6) is 1.65. The Balaban J connectivity index is 1.45. The van der Waals surface area contributed by atoms with Gasteiger partial charge in [0.15, 0.2) is 0 Å². The van der Waals surface area contributed by atoms with E-state index in [4.69, 9.17) is 16.6 Å².